The molecule has 0 spiro atoms. The molecule has 1 amide bonds. The van der Waals surface area contributed by atoms with E-state index in [0.29, 0.717) is 11.7 Å². The molecule has 0 aliphatic rings. The largest absolute Gasteiger partial charge is 0.276 e. The number of nitrogens with zero attached hydrogens (tertiary/aromatic N) is 5. The van der Waals surface area contributed by atoms with Gasteiger partial charge < -0.3 is 0 Å². The number of hydroxylamine groups is 2. The fourth-order valence-corrected chi connectivity index (χ4v) is 1.88. The van der Waals surface area contributed by atoms with Crippen LogP contribution < -0.4 is 0 Å². The minimum Gasteiger partial charge on any atom is -0.276 e. The van der Waals surface area contributed by atoms with Gasteiger partial charge in [0.2, 0.25) is 11.6 Å². The van der Waals surface area contributed by atoms with Crippen molar-refractivity contribution in [1.29, 1.82) is 0 Å². The number of carbonyl (C=O) groups is 1. The highest BCUT2D eigenvalue weighted by Crippen LogP contribution is 2.11. The number of amides is 1. The lowest BCUT2D eigenvalue weighted by Gasteiger charge is -2.26. The van der Waals surface area contributed by atoms with Crippen molar-refractivity contribution in [1.82, 2.24) is 25.3 Å². The second-order valence-corrected chi connectivity index (χ2v) is 5.97. The summed E-state index contributed by atoms with van der Waals surface area (Å²) in [6.07, 6.45) is 4.72. The molecule has 0 aromatic carbocycles. The first kappa shape index (κ1) is 16.9. The Morgan fingerprint density at radius 2 is 2.00 bits per heavy atom. The smallest absolute Gasteiger partial charge is 0.233 e. The number of hydrogen-bond acceptors (Lipinski definition) is 6. The SMILES string of the molecule is CC(C)(C)ON(C=O)CCCCCCn1nnnc1S. The van der Waals surface area contributed by atoms with Gasteiger partial charge in [0, 0.05) is 13.1 Å². The quantitative estimate of drug-likeness (QED) is 0.325. The van der Waals surface area contributed by atoms with Crippen LogP contribution in [-0.4, -0.2) is 43.8 Å². The van der Waals surface area contributed by atoms with E-state index >= 15 is 0 Å². The molecule has 0 fully saturated rings. The molecule has 7 nitrogen and oxygen atoms in total. The molecule has 0 saturated heterocycles. The summed E-state index contributed by atoms with van der Waals surface area (Å²) in [4.78, 5) is 16.4. The molecule has 1 heterocycles. The Morgan fingerprint density at radius 1 is 1.30 bits per heavy atom. The molecule has 0 atom stereocenters. The number of rotatable bonds is 9. The van der Waals surface area contributed by atoms with E-state index in [9.17, 15) is 4.79 Å². The highest BCUT2D eigenvalue weighted by Gasteiger charge is 2.15. The highest BCUT2D eigenvalue weighted by atomic mass is 32.1. The molecule has 0 aliphatic carbocycles. The fraction of sp³-hybridized carbons (Fsp3) is 0.833. The van der Waals surface area contributed by atoms with Gasteiger partial charge in [0.15, 0.2) is 0 Å². The summed E-state index contributed by atoms with van der Waals surface area (Å²) in [6.45, 7) is 7.14. The topological polar surface area (TPSA) is 73.1 Å². The van der Waals surface area contributed by atoms with E-state index in [1.54, 1.807) is 4.68 Å². The third-order valence-electron chi connectivity index (χ3n) is 2.52. The molecular formula is C12H23N5O2S. The summed E-state index contributed by atoms with van der Waals surface area (Å²) in [5.41, 5.74) is -0.343. The van der Waals surface area contributed by atoms with Crippen LogP contribution in [0.5, 0.6) is 0 Å². The summed E-state index contributed by atoms with van der Waals surface area (Å²) in [6, 6.07) is 0. The lowest BCUT2D eigenvalue weighted by molar-refractivity contribution is -0.216. The van der Waals surface area contributed by atoms with Crippen molar-refractivity contribution in [2.24, 2.45) is 0 Å². The van der Waals surface area contributed by atoms with Crippen LogP contribution in [0.25, 0.3) is 0 Å². The van der Waals surface area contributed by atoms with E-state index in [-0.39, 0.29) is 5.60 Å². The Balaban J connectivity index is 2.09. The Hall–Kier alpha value is -1.15. The van der Waals surface area contributed by atoms with Gasteiger partial charge in [-0.1, -0.05) is 12.8 Å². The van der Waals surface area contributed by atoms with Gasteiger partial charge in [-0.2, -0.15) is 0 Å². The van der Waals surface area contributed by atoms with Gasteiger partial charge in [-0.15, -0.1) is 17.7 Å². The van der Waals surface area contributed by atoms with Crippen LogP contribution in [0.15, 0.2) is 5.16 Å². The normalized spacial score (nSPS) is 11.6. The number of carbonyl (C=O) groups excluding carboxylic acids is 1. The predicted octanol–water partition coefficient (Wildman–Crippen LogP) is 1.71. The molecule has 0 unspecified atom stereocenters. The van der Waals surface area contributed by atoms with Gasteiger partial charge in [0.05, 0.1) is 5.60 Å². The summed E-state index contributed by atoms with van der Waals surface area (Å²) < 4.78 is 1.67. The standard InChI is InChI=1S/C12H23N5O2S/c1-12(2,3)19-16(10-18)8-6-4-5-7-9-17-11(20)13-14-15-17/h10H,4-9H2,1-3H3,(H,13,15,20). The first-order valence-electron chi connectivity index (χ1n) is 6.78. The predicted molar refractivity (Wildman–Crippen MR) is 77.1 cm³/mol. The van der Waals surface area contributed by atoms with Crippen LogP contribution >= 0.6 is 12.6 Å². The van der Waals surface area contributed by atoms with Crippen LogP contribution in [0, 0.1) is 0 Å². The molecule has 8 heteroatoms. The van der Waals surface area contributed by atoms with Crippen molar-refractivity contribution < 1.29 is 9.63 Å². The minimum atomic E-state index is -0.343. The molecule has 0 aliphatic heterocycles. The third kappa shape index (κ3) is 6.85. The second kappa shape index (κ2) is 8.21. The molecule has 0 N–H and O–H groups in total. The maximum absolute atomic E-state index is 10.9. The van der Waals surface area contributed by atoms with E-state index in [1.165, 1.54) is 5.06 Å². The first-order chi connectivity index (χ1) is 9.42. The van der Waals surface area contributed by atoms with Crippen molar-refractivity contribution >= 4 is 19.0 Å². The number of unbranched alkanes of at least 4 members (excludes halogenated alkanes) is 3. The molecule has 0 saturated carbocycles. The van der Waals surface area contributed by atoms with Crippen LogP contribution in [0.2, 0.25) is 0 Å². The van der Waals surface area contributed by atoms with Gasteiger partial charge in [0.1, 0.15) is 0 Å². The zero-order chi connectivity index (χ0) is 15.0. The Morgan fingerprint density at radius 3 is 2.55 bits per heavy atom. The van der Waals surface area contributed by atoms with Crippen molar-refractivity contribution in [3.8, 4) is 0 Å². The van der Waals surface area contributed by atoms with Crippen molar-refractivity contribution in [3.05, 3.63) is 0 Å². The molecule has 1 aromatic heterocycles. The number of aromatic nitrogens is 4. The average Bonchev–Trinajstić information content (AvgIpc) is 2.76. The summed E-state index contributed by atoms with van der Waals surface area (Å²) >= 11 is 4.14. The number of tetrazole rings is 1. The van der Waals surface area contributed by atoms with Gasteiger partial charge in [-0.25, -0.2) is 9.75 Å². The molecular weight excluding hydrogens is 278 g/mol. The van der Waals surface area contributed by atoms with Crippen LogP contribution in [0.1, 0.15) is 46.5 Å². The molecule has 20 heavy (non-hydrogen) atoms. The summed E-state index contributed by atoms with van der Waals surface area (Å²) in [7, 11) is 0. The second-order valence-electron chi connectivity index (χ2n) is 5.57. The lowest BCUT2D eigenvalue weighted by atomic mass is 10.2. The maximum atomic E-state index is 10.9. The van der Waals surface area contributed by atoms with Crippen molar-refractivity contribution in [2.75, 3.05) is 6.54 Å². The van der Waals surface area contributed by atoms with Gasteiger partial charge >= 0.3 is 0 Å². The summed E-state index contributed by atoms with van der Waals surface area (Å²) in [5.74, 6) is 0. The van der Waals surface area contributed by atoms with Crippen molar-refractivity contribution in [2.45, 2.75) is 63.8 Å². The Kier molecular flexibility index (Phi) is 6.94. The molecule has 1 aromatic rings. The van der Waals surface area contributed by atoms with Crippen LogP contribution in [-0.2, 0) is 16.2 Å². The fourth-order valence-electron chi connectivity index (χ4n) is 1.70. The molecule has 0 radical (unpaired) electrons. The average molecular weight is 301 g/mol. The van der Waals surface area contributed by atoms with Crippen LogP contribution in [0.3, 0.4) is 0 Å². The van der Waals surface area contributed by atoms with Gasteiger partial charge in [0.25, 0.3) is 0 Å². The molecule has 114 valence electrons. The van der Waals surface area contributed by atoms with Crippen LogP contribution in [0.4, 0.5) is 0 Å². The Bertz CT molecular complexity index is 405. The Labute approximate surface area is 125 Å². The van der Waals surface area contributed by atoms with E-state index in [0.717, 1.165) is 38.6 Å². The molecule has 1 rings (SSSR count). The van der Waals surface area contributed by atoms with E-state index in [4.69, 9.17) is 4.84 Å². The van der Waals surface area contributed by atoms with E-state index < -0.39 is 0 Å². The zero-order valence-electron chi connectivity index (χ0n) is 12.3. The highest BCUT2D eigenvalue weighted by molar-refractivity contribution is 7.80. The number of aryl methyl sites for hydroxylation is 1. The number of thiol groups is 1. The van der Waals surface area contributed by atoms with Gasteiger partial charge in [-0.3, -0.25) is 9.63 Å². The monoisotopic (exact) mass is 301 g/mol. The lowest BCUT2D eigenvalue weighted by Crippen LogP contribution is -2.33. The third-order valence-corrected chi connectivity index (χ3v) is 2.84. The summed E-state index contributed by atoms with van der Waals surface area (Å²) in [5, 5.41) is 13.0. The minimum absolute atomic E-state index is 0.343. The molecule has 0 bridgehead atoms. The first-order valence-corrected chi connectivity index (χ1v) is 7.23. The van der Waals surface area contributed by atoms with E-state index in [2.05, 4.69) is 28.2 Å². The van der Waals surface area contributed by atoms with Gasteiger partial charge in [-0.05, 0) is 44.0 Å². The van der Waals surface area contributed by atoms with Crippen molar-refractivity contribution in [3.63, 3.8) is 0 Å². The zero-order valence-corrected chi connectivity index (χ0v) is 13.2. The van der Waals surface area contributed by atoms with E-state index in [1.807, 2.05) is 20.8 Å². The number of hydrogen-bond donors (Lipinski definition) is 1. The maximum Gasteiger partial charge on any atom is 0.233 e.